The number of carbonyl (C=O) groups excluding carboxylic acids is 1. The molecule has 5 fully saturated rings. The fourth-order valence-electron chi connectivity index (χ4n) is 13.1. The smallest absolute Gasteiger partial charge is 0.306 e. The van der Waals surface area contributed by atoms with E-state index in [9.17, 15) is 4.79 Å². The largest absolute Gasteiger partial charge is 0.462 e. The van der Waals surface area contributed by atoms with E-state index < -0.39 is 8.32 Å². The summed E-state index contributed by atoms with van der Waals surface area (Å²) in [5, 5.41) is 2.83. The minimum absolute atomic E-state index is 0.0176. The van der Waals surface area contributed by atoms with Crippen LogP contribution in [-0.4, -0.2) is 26.5 Å². The topological polar surface area (TPSA) is 35.5 Å². The molecule has 1 saturated heterocycles. The van der Waals surface area contributed by atoms with Crippen LogP contribution in [0.5, 0.6) is 0 Å². The molecule has 7 rings (SSSR count). The number of hydrogen-bond acceptors (Lipinski definition) is 3. The first-order valence-electron chi connectivity index (χ1n) is 20.3. The fourth-order valence-corrected chi connectivity index (χ4v) is 17.9. The van der Waals surface area contributed by atoms with Crippen molar-refractivity contribution in [1.82, 2.24) is 0 Å². The number of hydrogen-bond donors (Lipinski definition) is 0. The Hall–Kier alpha value is -1.91. The molecule has 2 aromatic rings. The van der Waals surface area contributed by atoms with Crippen LogP contribution in [0.3, 0.4) is 0 Å². The van der Waals surface area contributed by atoms with E-state index in [1.54, 1.807) is 0 Å². The van der Waals surface area contributed by atoms with Gasteiger partial charge in [0.05, 0.1) is 0 Å². The molecule has 0 bridgehead atoms. The predicted molar refractivity (Wildman–Crippen MR) is 204 cm³/mol. The Balaban J connectivity index is 1.09. The number of rotatable bonds is 7. The van der Waals surface area contributed by atoms with Crippen LogP contribution in [0.1, 0.15) is 126 Å². The van der Waals surface area contributed by atoms with Crippen LogP contribution < -0.4 is 10.4 Å². The summed E-state index contributed by atoms with van der Waals surface area (Å²) in [5.74, 6) is 5.45. The van der Waals surface area contributed by atoms with Gasteiger partial charge in [0.2, 0.25) is 0 Å². The van der Waals surface area contributed by atoms with E-state index in [1.165, 1.54) is 68.2 Å². The Kier molecular flexibility index (Phi) is 9.60. The molecule has 2 aromatic carbocycles. The van der Waals surface area contributed by atoms with Crippen LogP contribution in [0.15, 0.2) is 60.7 Å². The lowest BCUT2D eigenvalue weighted by molar-refractivity contribution is -0.166. The van der Waals surface area contributed by atoms with Crippen LogP contribution in [-0.2, 0) is 14.0 Å². The summed E-state index contributed by atoms with van der Waals surface area (Å²) in [7, 11) is -2.56. The zero-order valence-corrected chi connectivity index (χ0v) is 33.0. The highest BCUT2D eigenvalue weighted by Crippen LogP contribution is 2.68. The summed E-state index contributed by atoms with van der Waals surface area (Å²) in [6.45, 7) is 19.6. The highest BCUT2D eigenvalue weighted by Gasteiger charge is 2.62. The first kappa shape index (κ1) is 35.5. The van der Waals surface area contributed by atoms with E-state index >= 15 is 0 Å². The summed E-state index contributed by atoms with van der Waals surface area (Å²) in [4.78, 5) is 12.7. The first-order valence-corrected chi connectivity index (χ1v) is 22.2. The van der Waals surface area contributed by atoms with Gasteiger partial charge in [-0.25, -0.2) is 0 Å². The van der Waals surface area contributed by atoms with Crippen LogP contribution in [0.4, 0.5) is 0 Å². The van der Waals surface area contributed by atoms with Crippen molar-refractivity contribution in [2.24, 2.45) is 58.2 Å². The number of cyclic esters (lactones) is 1. The lowest BCUT2D eigenvalue weighted by atomic mass is 9.44. The average molecular weight is 683 g/mol. The van der Waals surface area contributed by atoms with E-state index in [-0.39, 0.29) is 17.1 Å². The monoisotopic (exact) mass is 682 g/mol. The van der Waals surface area contributed by atoms with Gasteiger partial charge in [-0.15, -0.1) is 0 Å². The highest BCUT2D eigenvalue weighted by atomic mass is 28.4. The molecule has 0 unspecified atom stereocenters. The third-order valence-electron chi connectivity index (χ3n) is 15.9. The number of carbonyl (C=O) groups is 1. The fraction of sp³-hybridized carbons (Fsp3) is 0.711. The number of ether oxygens (including phenoxy) is 1. The molecule has 1 aliphatic heterocycles. The van der Waals surface area contributed by atoms with E-state index in [2.05, 4.69) is 116 Å². The minimum Gasteiger partial charge on any atom is -0.462 e. The van der Waals surface area contributed by atoms with E-state index in [4.69, 9.17) is 9.16 Å². The maximum atomic E-state index is 12.7. The zero-order chi connectivity index (χ0) is 34.8. The second-order valence-corrected chi connectivity index (χ2v) is 23.6. The van der Waals surface area contributed by atoms with Crippen LogP contribution >= 0.6 is 0 Å². The molecule has 268 valence electrons. The molecule has 3 nitrogen and oxygen atoms in total. The molecule has 0 amide bonds. The van der Waals surface area contributed by atoms with E-state index in [0.717, 1.165) is 30.1 Å². The van der Waals surface area contributed by atoms with Crippen LogP contribution in [0, 0.1) is 58.2 Å². The van der Waals surface area contributed by atoms with E-state index in [1.807, 2.05) is 0 Å². The maximum absolute atomic E-state index is 12.7. The number of fused-ring (bicyclic) bond motifs is 5. The molecule has 1 heterocycles. The molecule has 0 N–H and O–H groups in total. The highest BCUT2D eigenvalue weighted by molar-refractivity contribution is 6.99. The molecular weight excluding hydrogens is 617 g/mol. The van der Waals surface area contributed by atoms with E-state index in [0.29, 0.717) is 47.0 Å². The Morgan fingerprint density at radius 3 is 2.00 bits per heavy atom. The van der Waals surface area contributed by atoms with Gasteiger partial charge in [-0.05, 0) is 138 Å². The molecule has 0 radical (unpaired) electrons. The first-order chi connectivity index (χ1) is 23.3. The Bertz CT molecular complexity index is 1410. The summed E-state index contributed by atoms with van der Waals surface area (Å²) in [6.07, 6.45) is 14.0. The van der Waals surface area contributed by atoms with Gasteiger partial charge in [-0.3, -0.25) is 4.79 Å². The molecule has 5 aliphatic rings. The normalized spacial score (nSPS) is 38.7. The third-order valence-corrected chi connectivity index (χ3v) is 21.0. The molecule has 0 aromatic heterocycles. The van der Waals surface area contributed by atoms with Crippen LogP contribution in [0.25, 0.3) is 0 Å². The van der Waals surface area contributed by atoms with Gasteiger partial charge in [0.25, 0.3) is 8.32 Å². The molecule has 11 atom stereocenters. The van der Waals surface area contributed by atoms with Crippen LogP contribution in [0.2, 0.25) is 5.04 Å². The molecular formula is C45H66O3Si. The van der Waals surface area contributed by atoms with Crippen molar-refractivity contribution in [2.75, 3.05) is 0 Å². The Morgan fingerprint density at radius 1 is 0.776 bits per heavy atom. The van der Waals surface area contributed by atoms with Crippen molar-refractivity contribution in [3.05, 3.63) is 60.7 Å². The van der Waals surface area contributed by atoms with Crippen molar-refractivity contribution >= 4 is 24.7 Å². The predicted octanol–water partition coefficient (Wildman–Crippen LogP) is 10.2. The Morgan fingerprint density at radius 2 is 1.39 bits per heavy atom. The number of esters is 1. The van der Waals surface area contributed by atoms with Gasteiger partial charge in [0, 0.05) is 12.5 Å². The Labute approximate surface area is 299 Å². The quantitative estimate of drug-likeness (QED) is 0.215. The second kappa shape index (κ2) is 13.3. The lowest BCUT2D eigenvalue weighted by Crippen LogP contribution is -2.68. The third kappa shape index (κ3) is 6.01. The SMILES string of the molecule is CC(C)[C@@H]1CC(=O)O[C@@H]([C@@H](C)[C@H]2CC[C@H]3[C@@H]4CC[C@H]5C[C@@H](O[Si](c6ccccc6)(c6ccccc6)C(C)(C)C)CC[C@]5(C)[C@H]4CC[C@]23C)C1. The summed E-state index contributed by atoms with van der Waals surface area (Å²) < 4.78 is 13.9. The number of benzene rings is 2. The summed E-state index contributed by atoms with van der Waals surface area (Å²) >= 11 is 0. The van der Waals surface area contributed by atoms with Gasteiger partial charge < -0.3 is 9.16 Å². The maximum Gasteiger partial charge on any atom is 0.306 e. The molecule has 4 saturated carbocycles. The molecule has 49 heavy (non-hydrogen) atoms. The average Bonchev–Trinajstić information content (AvgIpc) is 3.44. The standard InChI is InChI=1S/C45H66O3Si/c1-30(2)32-27-41(47-42(46)28-32)31(3)38-21-22-39-37-20-19-33-29-34(23-25-44(33,7)40(37)24-26-45(38,39)8)48-49(43(4,5)6,35-15-11-9-12-16-35)36-17-13-10-14-18-36/h9-18,30-34,37-41H,19-29H2,1-8H3/t31-,32-,33-,34-,37-,38+,39-,40-,41+,44-,45+/m0/s1. The molecule has 4 aliphatic carbocycles. The minimum atomic E-state index is -2.56. The molecule has 0 spiro atoms. The summed E-state index contributed by atoms with van der Waals surface area (Å²) in [6, 6.07) is 22.5. The van der Waals surface area contributed by atoms with Gasteiger partial charge in [-0.1, -0.05) is 116 Å². The van der Waals surface area contributed by atoms with Gasteiger partial charge in [0.15, 0.2) is 0 Å². The van der Waals surface area contributed by atoms with Crippen molar-refractivity contribution in [2.45, 2.75) is 143 Å². The summed E-state index contributed by atoms with van der Waals surface area (Å²) in [5.41, 5.74) is 0.799. The van der Waals surface area contributed by atoms with Crippen molar-refractivity contribution < 1.29 is 14.0 Å². The van der Waals surface area contributed by atoms with Gasteiger partial charge >= 0.3 is 5.97 Å². The lowest BCUT2D eigenvalue weighted by Gasteiger charge is -2.62. The van der Waals surface area contributed by atoms with Crippen molar-refractivity contribution in [3.63, 3.8) is 0 Å². The van der Waals surface area contributed by atoms with Crippen molar-refractivity contribution in [1.29, 1.82) is 0 Å². The second-order valence-electron chi connectivity index (χ2n) is 19.4. The molecule has 4 heteroatoms. The zero-order valence-electron chi connectivity index (χ0n) is 32.0. The van der Waals surface area contributed by atoms with Gasteiger partial charge in [-0.2, -0.15) is 0 Å². The van der Waals surface area contributed by atoms with Gasteiger partial charge in [0.1, 0.15) is 6.10 Å². The van der Waals surface area contributed by atoms with Crippen molar-refractivity contribution in [3.8, 4) is 0 Å².